The molecule has 3 nitrogen and oxygen atoms in total. The first kappa shape index (κ1) is 15.4. The average Bonchev–Trinajstić information content (AvgIpc) is 2.33. The molecule has 0 saturated carbocycles. The van der Waals surface area contributed by atoms with E-state index in [1.165, 1.54) is 0 Å². The van der Waals surface area contributed by atoms with Gasteiger partial charge >= 0.3 is 0 Å². The monoisotopic (exact) mass is 342 g/mol. The molecule has 106 valence electrons. The van der Waals surface area contributed by atoms with Gasteiger partial charge in [0, 0.05) is 33.3 Å². The van der Waals surface area contributed by atoms with Crippen molar-refractivity contribution in [3.8, 4) is 0 Å². The topological polar surface area (TPSA) is 43.4 Å². The normalized spacial score (nSPS) is 24.4. The molecule has 1 aliphatic rings. The first-order valence-electron chi connectivity index (χ1n) is 5.83. The van der Waals surface area contributed by atoms with E-state index in [1.807, 2.05) is 0 Å². The largest absolute Gasteiger partial charge is 0.381 e. The van der Waals surface area contributed by atoms with Gasteiger partial charge in [-0.25, -0.2) is 8.42 Å². The van der Waals surface area contributed by atoms with Gasteiger partial charge < -0.3 is 4.74 Å². The molecular weight excluding hydrogens is 331 g/mol. The van der Waals surface area contributed by atoms with Crippen LogP contribution in [-0.2, 0) is 20.2 Å². The molecule has 0 spiro atoms. The third-order valence-electron chi connectivity index (χ3n) is 3.29. The summed E-state index contributed by atoms with van der Waals surface area (Å²) in [7, 11) is 1.89. The molecule has 0 radical (unpaired) electrons. The third kappa shape index (κ3) is 3.76. The molecule has 1 saturated heterocycles. The van der Waals surface area contributed by atoms with Crippen LogP contribution in [0.3, 0.4) is 0 Å². The van der Waals surface area contributed by atoms with Crippen LogP contribution in [0.5, 0.6) is 0 Å². The quantitative estimate of drug-likeness (QED) is 0.789. The molecule has 1 aliphatic heterocycles. The SMILES string of the molecule is O=S(=O)(Cl)[C@@H]1CCOC[C@@H]1Cc1c(Cl)cccc1Cl. The molecule has 0 amide bonds. The zero-order valence-electron chi connectivity index (χ0n) is 9.98. The molecular formula is C12H13Cl3O3S. The summed E-state index contributed by atoms with van der Waals surface area (Å²) in [6.45, 7) is 0.752. The van der Waals surface area contributed by atoms with Crippen LogP contribution in [-0.4, -0.2) is 26.9 Å². The first-order chi connectivity index (χ1) is 8.89. The van der Waals surface area contributed by atoms with E-state index in [1.54, 1.807) is 18.2 Å². The molecule has 1 heterocycles. The van der Waals surface area contributed by atoms with Crippen molar-refractivity contribution >= 4 is 42.9 Å². The van der Waals surface area contributed by atoms with Crippen LogP contribution in [0.25, 0.3) is 0 Å². The van der Waals surface area contributed by atoms with Gasteiger partial charge in [0.25, 0.3) is 0 Å². The summed E-state index contributed by atoms with van der Waals surface area (Å²) in [5.41, 5.74) is 0.742. The highest BCUT2D eigenvalue weighted by Gasteiger charge is 2.35. The second-order valence-electron chi connectivity index (χ2n) is 4.54. The highest BCUT2D eigenvalue weighted by Crippen LogP contribution is 2.32. The highest BCUT2D eigenvalue weighted by molar-refractivity contribution is 8.14. The van der Waals surface area contributed by atoms with Gasteiger partial charge in [-0.2, -0.15) is 0 Å². The summed E-state index contributed by atoms with van der Waals surface area (Å²) in [6, 6.07) is 5.22. The fraction of sp³-hybridized carbons (Fsp3) is 0.500. The summed E-state index contributed by atoms with van der Waals surface area (Å²) < 4.78 is 28.6. The van der Waals surface area contributed by atoms with E-state index < -0.39 is 14.3 Å². The van der Waals surface area contributed by atoms with E-state index in [9.17, 15) is 8.42 Å². The summed E-state index contributed by atoms with van der Waals surface area (Å²) in [5.74, 6) is -0.228. The van der Waals surface area contributed by atoms with Crippen molar-refractivity contribution in [1.29, 1.82) is 0 Å². The van der Waals surface area contributed by atoms with Crippen LogP contribution < -0.4 is 0 Å². The lowest BCUT2D eigenvalue weighted by Gasteiger charge is -2.29. The molecule has 19 heavy (non-hydrogen) atoms. The van der Waals surface area contributed by atoms with Crippen LogP contribution in [0.15, 0.2) is 18.2 Å². The number of ether oxygens (including phenoxy) is 1. The lowest BCUT2D eigenvalue weighted by Crippen LogP contribution is -2.37. The molecule has 0 aromatic heterocycles. The molecule has 2 rings (SSSR count). The van der Waals surface area contributed by atoms with E-state index >= 15 is 0 Å². The lowest BCUT2D eigenvalue weighted by atomic mass is 9.93. The van der Waals surface area contributed by atoms with Gasteiger partial charge in [-0.3, -0.25) is 0 Å². The molecule has 1 aromatic rings. The van der Waals surface area contributed by atoms with Gasteiger partial charge in [0.1, 0.15) is 0 Å². The molecule has 0 bridgehead atoms. The third-order valence-corrected chi connectivity index (χ3v) is 6.03. The Morgan fingerprint density at radius 1 is 1.26 bits per heavy atom. The summed E-state index contributed by atoms with van der Waals surface area (Å²) in [5, 5.41) is 0.447. The van der Waals surface area contributed by atoms with Crippen LogP contribution in [0.1, 0.15) is 12.0 Å². The second-order valence-corrected chi connectivity index (χ2v) is 8.20. The molecule has 0 N–H and O–H groups in total. The number of halogens is 3. The Bertz CT molecular complexity index is 539. The number of rotatable bonds is 3. The maximum Gasteiger partial charge on any atom is 0.235 e. The minimum atomic E-state index is -3.61. The fourth-order valence-corrected chi connectivity index (χ4v) is 4.60. The van der Waals surface area contributed by atoms with Gasteiger partial charge in [0.2, 0.25) is 9.05 Å². The van der Waals surface area contributed by atoms with Crippen LogP contribution >= 0.6 is 33.9 Å². The van der Waals surface area contributed by atoms with Gasteiger partial charge in [0.15, 0.2) is 0 Å². The Balaban J connectivity index is 2.25. The van der Waals surface area contributed by atoms with Crippen molar-refractivity contribution in [3.63, 3.8) is 0 Å². The van der Waals surface area contributed by atoms with Gasteiger partial charge in [-0.15, -0.1) is 0 Å². The van der Waals surface area contributed by atoms with Crippen LogP contribution in [0.2, 0.25) is 10.0 Å². The molecule has 0 aliphatic carbocycles. The Hall–Kier alpha value is -0.000000000000000167. The van der Waals surface area contributed by atoms with E-state index in [0.29, 0.717) is 36.1 Å². The van der Waals surface area contributed by atoms with Gasteiger partial charge in [0.05, 0.1) is 11.9 Å². The van der Waals surface area contributed by atoms with E-state index in [-0.39, 0.29) is 5.92 Å². The maximum absolute atomic E-state index is 11.6. The van der Waals surface area contributed by atoms with Gasteiger partial charge in [-0.1, -0.05) is 29.3 Å². The molecule has 0 unspecified atom stereocenters. The smallest absolute Gasteiger partial charge is 0.235 e. The van der Waals surface area contributed by atoms with Crippen molar-refractivity contribution in [2.24, 2.45) is 5.92 Å². The fourth-order valence-electron chi connectivity index (χ4n) is 2.33. The standard InChI is InChI=1S/C12H13Cl3O3S/c13-10-2-1-3-11(14)9(10)6-8-7-18-5-4-12(8)19(15,16)17/h1-3,8,12H,4-7H2/t8-,12+/m0/s1. The maximum atomic E-state index is 11.6. The summed E-state index contributed by atoms with van der Waals surface area (Å²) in [4.78, 5) is 0. The van der Waals surface area contributed by atoms with Crippen molar-refractivity contribution in [1.82, 2.24) is 0 Å². The van der Waals surface area contributed by atoms with Crippen molar-refractivity contribution < 1.29 is 13.2 Å². The number of hydrogen-bond acceptors (Lipinski definition) is 3. The minimum absolute atomic E-state index is 0.228. The number of hydrogen-bond donors (Lipinski definition) is 0. The average molecular weight is 344 g/mol. The molecule has 7 heteroatoms. The van der Waals surface area contributed by atoms with Gasteiger partial charge in [-0.05, 0) is 30.5 Å². The zero-order chi connectivity index (χ0) is 14.0. The number of benzene rings is 1. The Labute approximate surface area is 127 Å². The van der Waals surface area contributed by atoms with E-state index in [4.69, 9.17) is 38.6 Å². The molecule has 2 atom stereocenters. The van der Waals surface area contributed by atoms with Crippen LogP contribution in [0.4, 0.5) is 0 Å². The summed E-state index contributed by atoms with van der Waals surface area (Å²) in [6.07, 6.45) is 0.841. The Morgan fingerprint density at radius 3 is 2.47 bits per heavy atom. The van der Waals surface area contributed by atoms with E-state index in [0.717, 1.165) is 5.56 Å². The highest BCUT2D eigenvalue weighted by atomic mass is 35.7. The Kier molecular flexibility index (Phi) is 5.01. The van der Waals surface area contributed by atoms with E-state index in [2.05, 4.69) is 0 Å². The Morgan fingerprint density at radius 2 is 1.89 bits per heavy atom. The van der Waals surface area contributed by atoms with Crippen LogP contribution in [0, 0.1) is 5.92 Å². The first-order valence-corrected chi connectivity index (χ1v) is 8.96. The van der Waals surface area contributed by atoms with Crippen molar-refractivity contribution in [2.75, 3.05) is 13.2 Å². The van der Waals surface area contributed by atoms with Crippen molar-refractivity contribution in [2.45, 2.75) is 18.1 Å². The summed E-state index contributed by atoms with van der Waals surface area (Å²) >= 11 is 12.2. The lowest BCUT2D eigenvalue weighted by molar-refractivity contribution is 0.0577. The van der Waals surface area contributed by atoms with Crippen molar-refractivity contribution in [3.05, 3.63) is 33.8 Å². The second kappa shape index (κ2) is 6.19. The molecule has 1 fully saturated rings. The zero-order valence-corrected chi connectivity index (χ0v) is 13.1. The minimum Gasteiger partial charge on any atom is -0.381 e. The predicted molar refractivity (Wildman–Crippen MR) is 77.7 cm³/mol. The molecule has 1 aromatic carbocycles. The predicted octanol–water partition coefficient (Wildman–Crippen LogP) is 3.51.